The third-order valence-electron chi connectivity index (χ3n) is 2.25. The van der Waals surface area contributed by atoms with Crippen molar-refractivity contribution in [1.82, 2.24) is 0 Å². The first-order chi connectivity index (χ1) is 8.02. The van der Waals surface area contributed by atoms with Gasteiger partial charge < -0.3 is 11.1 Å². The third kappa shape index (κ3) is 4.21. The Morgan fingerprint density at radius 2 is 2.35 bits per heavy atom. The lowest BCUT2D eigenvalue weighted by molar-refractivity contribution is -0.116. The summed E-state index contributed by atoms with van der Waals surface area (Å²) < 4.78 is 0. The van der Waals surface area contributed by atoms with Crippen LogP contribution < -0.4 is 11.1 Å². The Morgan fingerprint density at radius 1 is 1.65 bits per heavy atom. The van der Waals surface area contributed by atoms with Gasteiger partial charge in [0, 0.05) is 18.0 Å². The van der Waals surface area contributed by atoms with Crippen molar-refractivity contribution in [2.45, 2.75) is 13.3 Å². The predicted octanol–water partition coefficient (Wildman–Crippen LogP) is 1.81. The van der Waals surface area contributed by atoms with Gasteiger partial charge in [-0.2, -0.15) is 5.26 Å². The maximum Gasteiger partial charge on any atom is 0.225 e. The number of nitrogens with zero attached hydrogens (tertiary/aromatic N) is 1. The Labute approximate surface area is 105 Å². The molecule has 0 spiro atoms. The summed E-state index contributed by atoms with van der Waals surface area (Å²) in [6.45, 7) is 1.80. The van der Waals surface area contributed by atoms with Crippen LogP contribution in [0, 0.1) is 17.2 Å². The molecule has 0 heterocycles. The number of rotatable bonds is 4. The minimum absolute atomic E-state index is 0.135. The second kappa shape index (κ2) is 5.97. The van der Waals surface area contributed by atoms with Gasteiger partial charge in [0.1, 0.15) is 0 Å². The second-order valence-electron chi connectivity index (χ2n) is 3.75. The molecule has 4 nitrogen and oxygen atoms in total. The molecule has 1 rings (SSSR count). The van der Waals surface area contributed by atoms with Gasteiger partial charge in [0.25, 0.3) is 0 Å². The molecule has 0 fully saturated rings. The summed E-state index contributed by atoms with van der Waals surface area (Å²) in [7, 11) is 0. The molecule has 1 unspecified atom stereocenters. The van der Waals surface area contributed by atoms with Crippen LogP contribution in [0.1, 0.15) is 18.9 Å². The van der Waals surface area contributed by atoms with Crippen molar-refractivity contribution < 1.29 is 4.79 Å². The maximum absolute atomic E-state index is 11.6. The summed E-state index contributed by atoms with van der Waals surface area (Å²) in [4.78, 5) is 11.9. The molecule has 0 bridgehead atoms. The Morgan fingerprint density at radius 3 is 2.94 bits per heavy atom. The van der Waals surface area contributed by atoms with E-state index in [1.807, 2.05) is 6.07 Å². The standard InChI is InChI=1S/C12H13N3OS/c1-8(12(14)17)5-11(16)15-10-4-2-3-9(6-10)7-13/h2-4,6,8H,5H2,1H3,(H2,14,17)(H,15,16). The summed E-state index contributed by atoms with van der Waals surface area (Å²) in [5, 5.41) is 11.4. The molecule has 3 N–H and O–H groups in total. The topological polar surface area (TPSA) is 78.9 Å². The molecule has 0 saturated carbocycles. The number of amides is 1. The molecule has 5 heteroatoms. The summed E-state index contributed by atoms with van der Waals surface area (Å²) in [5.74, 6) is -0.301. The number of anilines is 1. The quantitative estimate of drug-likeness (QED) is 0.795. The first-order valence-corrected chi connectivity index (χ1v) is 5.53. The van der Waals surface area contributed by atoms with Gasteiger partial charge in [0.05, 0.1) is 16.6 Å². The molecule has 1 atom stereocenters. The number of carbonyl (C=O) groups excluding carboxylic acids is 1. The predicted molar refractivity (Wildman–Crippen MR) is 70.4 cm³/mol. The van der Waals surface area contributed by atoms with E-state index in [0.717, 1.165) is 0 Å². The lowest BCUT2D eigenvalue weighted by atomic mass is 10.1. The number of nitrogens with one attached hydrogen (secondary N) is 1. The molecule has 0 aromatic heterocycles. The van der Waals surface area contributed by atoms with Gasteiger partial charge in [-0.1, -0.05) is 25.2 Å². The van der Waals surface area contributed by atoms with Gasteiger partial charge in [-0.25, -0.2) is 0 Å². The third-order valence-corrected chi connectivity index (χ3v) is 2.66. The fraction of sp³-hybridized carbons (Fsp3) is 0.250. The maximum atomic E-state index is 11.6. The van der Waals surface area contributed by atoms with Crippen molar-refractivity contribution in [3.05, 3.63) is 29.8 Å². The Balaban J connectivity index is 2.62. The molecule has 1 amide bonds. The zero-order chi connectivity index (χ0) is 12.8. The normalized spacial score (nSPS) is 11.3. The number of hydrogen-bond donors (Lipinski definition) is 2. The van der Waals surface area contributed by atoms with Crippen LogP contribution in [-0.2, 0) is 4.79 Å². The average molecular weight is 247 g/mol. The Hall–Kier alpha value is -1.93. The van der Waals surface area contributed by atoms with Gasteiger partial charge >= 0.3 is 0 Å². The molecule has 1 aromatic rings. The van der Waals surface area contributed by atoms with Crippen LogP contribution >= 0.6 is 12.2 Å². The molecule has 1 aromatic carbocycles. The zero-order valence-corrected chi connectivity index (χ0v) is 10.3. The number of nitrogens with two attached hydrogens (primary N) is 1. The molecule has 17 heavy (non-hydrogen) atoms. The van der Waals surface area contributed by atoms with Crippen LogP contribution in [-0.4, -0.2) is 10.9 Å². The van der Waals surface area contributed by atoms with Crippen LogP contribution in [0.15, 0.2) is 24.3 Å². The van der Waals surface area contributed by atoms with Crippen molar-refractivity contribution in [2.75, 3.05) is 5.32 Å². The van der Waals surface area contributed by atoms with Crippen LogP contribution in [0.3, 0.4) is 0 Å². The molecule has 0 aliphatic rings. The summed E-state index contributed by atoms with van der Waals surface area (Å²) >= 11 is 4.80. The zero-order valence-electron chi connectivity index (χ0n) is 9.43. The van der Waals surface area contributed by atoms with E-state index in [-0.39, 0.29) is 18.2 Å². The SMILES string of the molecule is CC(CC(=O)Nc1cccc(C#N)c1)C(N)=S. The van der Waals surface area contributed by atoms with Crippen molar-refractivity contribution >= 4 is 28.8 Å². The van der Waals surface area contributed by atoms with Crippen molar-refractivity contribution in [2.24, 2.45) is 11.7 Å². The lowest BCUT2D eigenvalue weighted by Gasteiger charge is -2.09. The highest BCUT2D eigenvalue weighted by Crippen LogP contribution is 2.11. The minimum Gasteiger partial charge on any atom is -0.393 e. The van der Waals surface area contributed by atoms with E-state index in [4.69, 9.17) is 23.2 Å². The van der Waals surface area contributed by atoms with E-state index < -0.39 is 0 Å². The molecule has 0 radical (unpaired) electrons. The monoisotopic (exact) mass is 247 g/mol. The number of benzene rings is 1. The van der Waals surface area contributed by atoms with Gasteiger partial charge in [0.2, 0.25) is 5.91 Å². The van der Waals surface area contributed by atoms with Crippen molar-refractivity contribution in [3.8, 4) is 6.07 Å². The number of hydrogen-bond acceptors (Lipinski definition) is 3. The fourth-order valence-electron chi connectivity index (χ4n) is 1.26. The fourth-order valence-corrected chi connectivity index (χ4v) is 1.34. The highest BCUT2D eigenvalue weighted by atomic mass is 32.1. The van der Waals surface area contributed by atoms with E-state index in [0.29, 0.717) is 16.2 Å². The van der Waals surface area contributed by atoms with Gasteiger partial charge in [0.15, 0.2) is 0 Å². The number of thiocarbonyl (C=S) groups is 1. The molecular weight excluding hydrogens is 234 g/mol. The Kier molecular flexibility index (Phi) is 4.61. The molecule has 88 valence electrons. The molecular formula is C12H13N3OS. The number of nitriles is 1. The van der Waals surface area contributed by atoms with Crippen LogP contribution in [0.25, 0.3) is 0 Å². The summed E-state index contributed by atoms with van der Waals surface area (Å²) in [6.07, 6.45) is 0.242. The van der Waals surface area contributed by atoms with E-state index in [2.05, 4.69) is 5.32 Å². The van der Waals surface area contributed by atoms with E-state index >= 15 is 0 Å². The first kappa shape index (κ1) is 13.1. The van der Waals surface area contributed by atoms with Gasteiger partial charge in [-0.05, 0) is 18.2 Å². The lowest BCUT2D eigenvalue weighted by Crippen LogP contribution is -2.24. The molecule has 0 saturated heterocycles. The van der Waals surface area contributed by atoms with Crippen molar-refractivity contribution in [3.63, 3.8) is 0 Å². The van der Waals surface area contributed by atoms with Crippen molar-refractivity contribution in [1.29, 1.82) is 5.26 Å². The highest BCUT2D eigenvalue weighted by molar-refractivity contribution is 7.80. The summed E-state index contributed by atoms with van der Waals surface area (Å²) in [6, 6.07) is 8.74. The van der Waals surface area contributed by atoms with E-state index in [9.17, 15) is 4.79 Å². The van der Waals surface area contributed by atoms with Crippen LogP contribution in [0.5, 0.6) is 0 Å². The van der Waals surface area contributed by atoms with E-state index in [1.165, 1.54) is 0 Å². The van der Waals surface area contributed by atoms with Crippen LogP contribution in [0.4, 0.5) is 5.69 Å². The van der Waals surface area contributed by atoms with Crippen LogP contribution in [0.2, 0.25) is 0 Å². The highest BCUT2D eigenvalue weighted by Gasteiger charge is 2.11. The molecule has 0 aliphatic carbocycles. The van der Waals surface area contributed by atoms with Gasteiger partial charge in [-0.15, -0.1) is 0 Å². The summed E-state index contributed by atoms with van der Waals surface area (Å²) in [5.41, 5.74) is 6.54. The largest absolute Gasteiger partial charge is 0.393 e. The van der Waals surface area contributed by atoms with Gasteiger partial charge in [-0.3, -0.25) is 4.79 Å². The smallest absolute Gasteiger partial charge is 0.225 e. The first-order valence-electron chi connectivity index (χ1n) is 5.12. The Bertz CT molecular complexity index is 479. The molecule has 0 aliphatic heterocycles. The second-order valence-corrected chi connectivity index (χ2v) is 4.22. The minimum atomic E-state index is -0.166. The number of carbonyl (C=O) groups is 1. The van der Waals surface area contributed by atoms with E-state index in [1.54, 1.807) is 31.2 Å². The average Bonchev–Trinajstić information content (AvgIpc) is 2.28.